The van der Waals surface area contributed by atoms with Crippen molar-refractivity contribution in [3.63, 3.8) is 0 Å². The summed E-state index contributed by atoms with van der Waals surface area (Å²) in [5.41, 5.74) is 0. The molecule has 0 radical (unpaired) electrons. The van der Waals surface area contributed by atoms with Gasteiger partial charge in [-0.05, 0) is 20.8 Å². The Balaban J connectivity index is 2.16. The molecule has 5 nitrogen and oxygen atoms in total. The molecule has 6 heteroatoms. The Labute approximate surface area is 118 Å². The molecule has 1 aromatic rings. The Morgan fingerprint density at radius 1 is 1.37 bits per heavy atom. The zero-order valence-electron chi connectivity index (χ0n) is 11.6. The van der Waals surface area contributed by atoms with Crippen LogP contribution in [0.5, 0.6) is 0 Å². The molecule has 0 saturated carbocycles. The number of nitrogens with zero attached hydrogens (tertiary/aromatic N) is 3. The lowest BCUT2D eigenvalue weighted by Crippen LogP contribution is -2.46. The molecule has 0 aromatic carbocycles. The molecular weight excluding hydrogens is 266 g/mol. The molecule has 0 bridgehead atoms. The molecule has 1 fully saturated rings. The van der Waals surface area contributed by atoms with Crippen molar-refractivity contribution >= 4 is 17.4 Å². The lowest BCUT2D eigenvalue weighted by atomic mass is 10.2. The molecule has 2 unspecified atom stereocenters. The van der Waals surface area contributed by atoms with Crippen LogP contribution in [0.4, 0.5) is 5.82 Å². The fourth-order valence-electron chi connectivity index (χ4n) is 2.24. The maximum absolute atomic E-state index is 6.06. The average molecular weight is 286 g/mol. The van der Waals surface area contributed by atoms with Crippen LogP contribution < -0.4 is 4.90 Å². The van der Waals surface area contributed by atoms with E-state index in [1.54, 1.807) is 6.07 Å². The first-order valence-corrected chi connectivity index (χ1v) is 6.98. The van der Waals surface area contributed by atoms with Crippen LogP contribution >= 0.6 is 11.6 Å². The quantitative estimate of drug-likeness (QED) is 0.794. The SMILES string of the molecule is CCOCc1nc(Cl)cc(N2CC(C)OC(C)C2)n1. The van der Waals surface area contributed by atoms with Crippen molar-refractivity contribution in [2.24, 2.45) is 0 Å². The number of aromatic nitrogens is 2. The highest BCUT2D eigenvalue weighted by molar-refractivity contribution is 6.29. The van der Waals surface area contributed by atoms with Crippen LogP contribution in [0.3, 0.4) is 0 Å². The minimum absolute atomic E-state index is 0.188. The van der Waals surface area contributed by atoms with Gasteiger partial charge in [0.2, 0.25) is 0 Å². The number of hydrogen-bond acceptors (Lipinski definition) is 5. The van der Waals surface area contributed by atoms with E-state index in [1.165, 1.54) is 0 Å². The topological polar surface area (TPSA) is 47.5 Å². The van der Waals surface area contributed by atoms with Crippen LogP contribution in [-0.2, 0) is 16.1 Å². The number of anilines is 1. The minimum Gasteiger partial charge on any atom is -0.374 e. The van der Waals surface area contributed by atoms with E-state index >= 15 is 0 Å². The van der Waals surface area contributed by atoms with Gasteiger partial charge in [-0.15, -0.1) is 0 Å². The lowest BCUT2D eigenvalue weighted by molar-refractivity contribution is -0.00549. The predicted molar refractivity (Wildman–Crippen MR) is 74.6 cm³/mol. The lowest BCUT2D eigenvalue weighted by Gasteiger charge is -2.36. The molecule has 19 heavy (non-hydrogen) atoms. The van der Waals surface area contributed by atoms with Gasteiger partial charge in [-0.1, -0.05) is 11.6 Å². The van der Waals surface area contributed by atoms with Crippen LogP contribution in [0.2, 0.25) is 5.15 Å². The van der Waals surface area contributed by atoms with E-state index in [1.807, 2.05) is 6.92 Å². The van der Waals surface area contributed by atoms with Gasteiger partial charge in [-0.3, -0.25) is 0 Å². The monoisotopic (exact) mass is 285 g/mol. The summed E-state index contributed by atoms with van der Waals surface area (Å²) >= 11 is 6.06. The Kier molecular flexibility index (Phi) is 4.96. The first-order chi connectivity index (χ1) is 9.08. The van der Waals surface area contributed by atoms with Gasteiger partial charge in [0.15, 0.2) is 5.82 Å². The zero-order chi connectivity index (χ0) is 13.8. The third-order valence-corrected chi connectivity index (χ3v) is 3.10. The molecule has 1 aromatic heterocycles. The van der Waals surface area contributed by atoms with Gasteiger partial charge in [0.25, 0.3) is 0 Å². The maximum Gasteiger partial charge on any atom is 0.158 e. The van der Waals surface area contributed by atoms with Gasteiger partial charge in [-0.2, -0.15) is 0 Å². The normalized spacial score (nSPS) is 23.7. The van der Waals surface area contributed by atoms with Gasteiger partial charge in [-0.25, -0.2) is 9.97 Å². The van der Waals surface area contributed by atoms with E-state index in [-0.39, 0.29) is 12.2 Å². The van der Waals surface area contributed by atoms with E-state index in [0.29, 0.717) is 24.2 Å². The molecule has 0 spiro atoms. The molecule has 2 rings (SSSR count). The third kappa shape index (κ3) is 4.03. The number of morpholine rings is 1. The summed E-state index contributed by atoms with van der Waals surface area (Å²) in [7, 11) is 0. The van der Waals surface area contributed by atoms with E-state index in [2.05, 4.69) is 28.7 Å². The highest BCUT2D eigenvalue weighted by Crippen LogP contribution is 2.21. The number of rotatable bonds is 4. The molecule has 0 aliphatic carbocycles. The van der Waals surface area contributed by atoms with Crippen molar-refractivity contribution in [2.45, 2.75) is 39.6 Å². The Morgan fingerprint density at radius 2 is 2.05 bits per heavy atom. The van der Waals surface area contributed by atoms with Crippen molar-refractivity contribution in [3.05, 3.63) is 17.0 Å². The fraction of sp³-hybridized carbons (Fsp3) is 0.692. The van der Waals surface area contributed by atoms with Crippen LogP contribution in [0, 0.1) is 0 Å². The summed E-state index contributed by atoms with van der Waals surface area (Å²) in [6, 6.07) is 1.79. The van der Waals surface area contributed by atoms with Crippen LogP contribution in [0.25, 0.3) is 0 Å². The predicted octanol–water partition coefficient (Wildman–Crippen LogP) is 2.28. The molecular formula is C13H20ClN3O2. The van der Waals surface area contributed by atoms with Crippen molar-refractivity contribution in [1.29, 1.82) is 0 Å². The summed E-state index contributed by atoms with van der Waals surface area (Å²) in [6.45, 7) is 8.71. The van der Waals surface area contributed by atoms with Crippen molar-refractivity contribution < 1.29 is 9.47 Å². The van der Waals surface area contributed by atoms with Crippen LogP contribution in [0.15, 0.2) is 6.07 Å². The van der Waals surface area contributed by atoms with Gasteiger partial charge in [0.1, 0.15) is 17.6 Å². The number of hydrogen-bond donors (Lipinski definition) is 0. The van der Waals surface area contributed by atoms with E-state index in [9.17, 15) is 0 Å². The Morgan fingerprint density at radius 3 is 2.68 bits per heavy atom. The molecule has 1 aliphatic heterocycles. The smallest absolute Gasteiger partial charge is 0.158 e. The molecule has 1 aliphatic rings. The maximum atomic E-state index is 6.06. The van der Waals surface area contributed by atoms with Crippen molar-refractivity contribution in [1.82, 2.24) is 9.97 Å². The first-order valence-electron chi connectivity index (χ1n) is 6.60. The molecule has 106 valence electrons. The minimum atomic E-state index is 0.188. The average Bonchev–Trinajstić information content (AvgIpc) is 2.34. The highest BCUT2D eigenvalue weighted by Gasteiger charge is 2.23. The van der Waals surface area contributed by atoms with Crippen molar-refractivity contribution in [2.75, 3.05) is 24.6 Å². The second-order valence-corrected chi connectivity index (χ2v) is 5.15. The third-order valence-electron chi connectivity index (χ3n) is 2.91. The van der Waals surface area contributed by atoms with Gasteiger partial charge < -0.3 is 14.4 Å². The molecule has 2 atom stereocenters. The zero-order valence-corrected chi connectivity index (χ0v) is 12.4. The first kappa shape index (κ1) is 14.5. The standard InChI is InChI=1S/C13H20ClN3O2/c1-4-18-8-12-15-11(14)5-13(16-12)17-6-9(2)19-10(3)7-17/h5,9-10H,4,6-8H2,1-3H3. The van der Waals surface area contributed by atoms with Gasteiger partial charge in [0, 0.05) is 25.8 Å². The summed E-state index contributed by atoms with van der Waals surface area (Å²) in [5.74, 6) is 1.47. The number of ether oxygens (including phenoxy) is 2. The Hall–Kier alpha value is -0.910. The van der Waals surface area contributed by atoms with E-state index in [0.717, 1.165) is 18.9 Å². The summed E-state index contributed by atoms with van der Waals surface area (Å²) in [6.07, 6.45) is 0.376. The van der Waals surface area contributed by atoms with Crippen molar-refractivity contribution in [3.8, 4) is 0 Å². The molecule has 0 amide bonds. The van der Waals surface area contributed by atoms with Gasteiger partial charge in [0.05, 0.1) is 12.2 Å². The van der Waals surface area contributed by atoms with E-state index < -0.39 is 0 Å². The molecule has 1 saturated heterocycles. The highest BCUT2D eigenvalue weighted by atomic mass is 35.5. The Bertz CT molecular complexity index is 420. The second-order valence-electron chi connectivity index (χ2n) is 4.76. The fourth-order valence-corrected chi connectivity index (χ4v) is 2.43. The summed E-state index contributed by atoms with van der Waals surface area (Å²) < 4.78 is 11.1. The molecule has 2 heterocycles. The second kappa shape index (κ2) is 6.50. The largest absolute Gasteiger partial charge is 0.374 e. The summed E-state index contributed by atoms with van der Waals surface area (Å²) in [5, 5.41) is 0.450. The number of halogens is 1. The van der Waals surface area contributed by atoms with Crippen LogP contribution in [0.1, 0.15) is 26.6 Å². The molecule has 0 N–H and O–H groups in total. The summed E-state index contributed by atoms with van der Waals surface area (Å²) in [4.78, 5) is 10.9. The van der Waals surface area contributed by atoms with E-state index in [4.69, 9.17) is 21.1 Å². The van der Waals surface area contributed by atoms with Gasteiger partial charge >= 0.3 is 0 Å². The van der Waals surface area contributed by atoms with Crippen LogP contribution in [-0.4, -0.2) is 41.9 Å².